The van der Waals surface area contributed by atoms with Crippen LogP contribution >= 0.6 is 0 Å². The summed E-state index contributed by atoms with van der Waals surface area (Å²) in [6, 6.07) is 4.90. The van der Waals surface area contributed by atoms with Crippen LogP contribution in [-0.4, -0.2) is 15.6 Å². The van der Waals surface area contributed by atoms with E-state index in [0.29, 0.717) is 0 Å². The second-order valence-electron chi connectivity index (χ2n) is 3.39. The van der Waals surface area contributed by atoms with E-state index in [1.165, 1.54) is 12.1 Å². The molecule has 0 N–H and O–H groups in total. The molecule has 1 rings (SSSR count). The first-order chi connectivity index (χ1) is 7.67. The lowest BCUT2D eigenvalue weighted by Crippen LogP contribution is -2.24. The van der Waals surface area contributed by atoms with Gasteiger partial charge < -0.3 is 0 Å². The van der Waals surface area contributed by atoms with E-state index in [1.54, 1.807) is 6.92 Å². The molecule has 94 valence electrons. The highest BCUT2D eigenvalue weighted by Gasteiger charge is 2.45. The molecule has 3 nitrogen and oxygen atoms in total. The molecule has 17 heavy (non-hydrogen) atoms. The number of halogens is 3. The molecule has 0 aliphatic rings. The molecule has 0 radical (unpaired) electrons. The molecule has 0 heterocycles. The lowest BCUT2D eigenvalue weighted by atomic mass is 10.2. The van der Waals surface area contributed by atoms with E-state index in [0.717, 1.165) is 24.6 Å². The summed E-state index contributed by atoms with van der Waals surface area (Å²) in [4.78, 5) is 10.2. The van der Waals surface area contributed by atoms with Crippen molar-refractivity contribution < 1.29 is 22.2 Å². The van der Waals surface area contributed by atoms with Crippen LogP contribution in [0.3, 0.4) is 0 Å². The third-order valence-corrected chi connectivity index (χ3v) is 3.96. The fourth-order valence-corrected chi connectivity index (χ4v) is 2.49. The molecule has 0 spiro atoms. The first kappa shape index (κ1) is 13.7. The van der Waals surface area contributed by atoms with Crippen LogP contribution in [0, 0.1) is 6.92 Å². The van der Waals surface area contributed by atoms with Crippen molar-refractivity contribution in [1.82, 2.24) is 0 Å². The van der Waals surface area contributed by atoms with Crippen LogP contribution in [0.15, 0.2) is 33.5 Å². The van der Waals surface area contributed by atoms with Gasteiger partial charge in [0, 0.05) is 6.92 Å². The highest BCUT2D eigenvalue weighted by atomic mass is 32.2. The van der Waals surface area contributed by atoms with Crippen molar-refractivity contribution >= 4 is 15.6 Å². The van der Waals surface area contributed by atoms with E-state index in [1.807, 2.05) is 0 Å². The van der Waals surface area contributed by atoms with E-state index in [2.05, 4.69) is 4.36 Å². The van der Waals surface area contributed by atoms with Crippen molar-refractivity contribution in [1.29, 1.82) is 0 Å². The Morgan fingerprint density at radius 3 is 2.06 bits per heavy atom. The largest absolute Gasteiger partial charge is 0.484 e. The summed E-state index contributed by atoms with van der Waals surface area (Å²) in [6.07, 6.45) is 0. The predicted octanol–water partition coefficient (Wildman–Crippen LogP) is 2.89. The van der Waals surface area contributed by atoms with Gasteiger partial charge in [0.25, 0.3) is 5.91 Å². The fourth-order valence-electron chi connectivity index (χ4n) is 1.14. The zero-order valence-corrected chi connectivity index (χ0v) is 9.93. The van der Waals surface area contributed by atoms with Crippen LogP contribution in [0.25, 0.3) is 0 Å². The Bertz CT molecular complexity index is 540. The van der Waals surface area contributed by atoms with Crippen LogP contribution < -0.4 is 0 Å². The molecule has 0 fully saturated rings. The molecule has 1 amide bonds. The number of carbonyl (C=O) groups excluding carboxylic acids is 1. The predicted molar refractivity (Wildman–Crippen MR) is 56.8 cm³/mol. The molecule has 0 aromatic heterocycles. The van der Waals surface area contributed by atoms with Gasteiger partial charge in [0.2, 0.25) is 0 Å². The van der Waals surface area contributed by atoms with Gasteiger partial charge in [-0.05, 0) is 19.1 Å². The number of rotatable bonds is 1. The topological polar surface area (TPSA) is 46.5 Å². The number of hydrogen-bond acceptors (Lipinski definition) is 2. The van der Waals surface area contributed by atoms with Gasteiger partial charge in [-0.15, -0.1) is 0 Å². The zero-order chi connectivity index (χ0) is 13.3. The van der Waals surface area contributed by atoms with Gasteiger partial charge >= 0.3 is 5.51 Å². The molecule has 1 aromatic carbocycles. The van der Waals surface area contributed by atoms with Crippen LogP contribution in [-0.2, 0) is 14.5 Å². The van der Waals surface area contributed by atoms with Crippen LogP contribution in [0.1, 0.15) is 12.5 Å². The molecule has 0 aliphatic carbocycles. The van der Waals surface area contributed by atoms with Crippen LogP contribution in [0.5, 0.6) is 0 Å². The number of hydrogen-bond donors (Lipinski definition) is 0. The van der Waals surface area contributed by atoms with Crippen molar-refractivity contribution in [3.05, 3.63) is 29.8 Å². The second kappa shape index (κ2) is 4.48. The summed E-state index contributed by atoms with van der Waals surface area (Å²) in [5.41, 5.74) is -4.35. The summed E-state index contributed by atoms with van der Waals surface area (Å²) < 4.78 is 52.8. The maximum atomic E-state index is 12.7. The molecule has 1 aromatic rings. The Kier molecular flexibility index (Phi) is 3.61. The van der Waals surface area contributed by atoms with Gasteiger partial charge in [-0.3, -0.25) is 4.79 Å². The smallest absolute Gasteiger partial charge is 0.272 e. The number of nitrogens with zero attached hydrogens (tertiary/aromatic N) is 1. The number of aryl methyl sites for hydroxylation is 1. The van der Waals surface area contributed by atoms with Crippen molar-refractivity contribution in [2.75, 3.05) is 0 Å². The lowest BCUT2D eigenvalue weighted by molar-refractivity contribution is -0.115. The Labute approximate surface area is 96.8 Å². The second-order valence-corrected chi connectivity index (χ2v) is 5.56. The molecule has 0 bridgehead atoms. The van der Waals surface area contributed by atoms with E-state index in [9.17, 15) is 22.2 Å². The minimum absolute atomic E-state index is 0.509. The highest BCUT2D eigenvalue weighted by molar-refractivity contribution is 7.94. The summed E-state index contributed by atoms with van der Waals surface area (Å²) >= 11 is 0. The van der Waals surface area contributed by atoms with Gasteiger partial charge in [-0.1, -0.05) is 17.7 Å². The molecule has 0 saturated heterocycles. The number of carbonyl (C=O) groups is 1. The lowest BCUT2D eigenvalue weighted by Gasteiger charge is -2.13. The van der Waals surface area contributed by atoms with E-state index < -0.39 is 26.0 Å². The highest BCUT2D eigenvalue weighted by Crippen LogP contribution is 2.32. The van der Waals surface area contributed by atoms with E-state index in [-0.39, 0.29) is 0 Å². The van der Waals surface area contributed by atoms with Crippen molar-refractivity contribution in [3.8, 4) is 0 Å². The summed E-state index contributed by atoms with van der Waals surface area (Å²) in [5.74, 6) is -1.12. The molecule has 0 aliphatic heterocycles. The normalized spacial score (nSPS) is 15.1. The van der Waals surface area contributed by atoms with Crippen LogP contribution in [0.2, 0.25) is 0 Å². The SMILES string of the molecule is CC(=O)N=S(=O)(c1ccc(C)cc1)C(F)(F)F. The number of amides is 1. The van der Waals surface area contributed by atoms with Gasteiger partial charge in [-0.25, -0.2) is 4.21 Å². The first-order valence-electron chi connectivity index (χ1n) is 4.57. The molecule has 0 saturated carbocycles. The average molecular weight is 265 g/mol. The van der Waals surface area contributed by atoms with Gasteiger partial charge in [0.05, 0.1) is 4.90 Å². The molecular weight excluding hydrogens is 255 g/mol. The zero-order valence-electron chi connectivity index (χ0n) is 9.12. The molecule has 7 heteroatoms. The maximum Gasteiger partial charge on any atom is 0.484 e. The number of benzene rings is 1. The maximum absolute atomic E-state index is 12.7. The molecule has 1 atom stereocenters. The Morgan fingerprint density at radius 2 is 1.71 bits per heavy atom. The Balaban J connectivity index is 3.52. The summed E-state index contributed by atoms with van der Waals surface area (Å²) in [6.45, 7) is 2.51. The Morgan fingerprint density at radius 1 is 1.24 bits per heavy atom. The quantitative estimate of drug-likeness (QED) is 0.783. The van der Waals surface area contributed by atoms with Crippen molar-refractivity contribution in [3.63, 3.8) is 0 Å². The van der Waals surface area contributed by atoms with Gasteiger partial charge in [0.15, 0.2) is 9.73 Å². The fraction of sp³-hybridized carbons (Fsp3) is 0.300. The van der Waals surface area contributed by atoms with E-state index in [4.69, 9.17) is 0 Å². The third kappa shape index (κ3) is 2.85. The summed E-state index contributed by atoms with van der Waals surface area (Å²) in [7, 11) is -4.72. The first-order valence-corrected chi connectivity index (χ1v) is 6.09. The number of alkyl halides is 3. The standard InChI is InChI=1S/C10H10F3NO2S/c1-7-3-5-9(6-4-7)17(16,10(11,12)13)14-8(2)15/h3-6H,1-2H3. The van der Waals surface area contributed by atoms with Crippen LogP contribution in [0.4, 0.5) is 13.2 Å². The van der Waals surface area contributed by atoms with Crippen molar-refractivity contribution in [2.24, 2.45) is 4.36 Å². The monoisotopic (exact) mass is 265 g/mol. The third-order valence-electron chi connectivity index (χ3n) is 1.91. The molecule has 1 unspecified atom stereocenters. The average Bonchev–Trinajstić information content (AvgIpc) is 2.15. The summed E-state index contributed by atoms with van der Waals surface area (Å²) in [5, 5.41) is 0. The minimum atomic E-state index is -5.08. The Hall–Kier alpha value is -1.37. The van der Waals surface area contributed by atoms with Gasteiger partial charge in [0.1, 0.15) is 0 Å². The van der Waals surface area contributed by atoms with Gasteiger partial charge in [-0.2, -0.15) is 17.5 Å². The van der Waals surface area contributed by atoms with Crippen molar-refractivity contribution in [2.45, 2.75) is 24.3 Å². The van der Waals surface area contributed by atoms with E-state index >= 15 is 0 Å². The molecular formula is C10H10F3NO2S. The minimum Gasteiger partial charge on any atom is -0.272 e.